The molecule has 0 radical (unpaired) electrons. The molecule has 7 nitrogen and oxygen atoms in total. The van der Waals surface area contributed by atoms with E-state index in [4.69, 9.17) is 18.6 Å². The second-order valence-electron chi connectivity index (χ2n) is 7.07. The van der Waals surface area contributed by atoms with E-state index in [0.717, 1.165) is 22.0 Å². The molecule has 30 heavy (non-hydrogen) atoms. The van der Waals surface area contributed by atoms with E-state index >= 15 is 0 Å². The summed E-state index contributed by atoms with van der Waals surface area (Å²) in [5.74, 6) is 1.71. The van der Waals surface area contributed by atoms with Crippen LogP contribution >= 0.6 is 0 Å². The normalized spacial score (nSPS) is 13.4. The number of anilines is 2. The molecule has 1 aromatic heterocycles. The van der Waals surface area contributed by atoms with E-state index in [-0.39, 0.29) is 12.7 Å². The molecule has 0 unspecified atom stereocenters. The summed E-state index contributed by atoms with van der Waals surface area (Å²) in [5, 5.41) is 8.04. The Labute approximate surface area is 172 Å². The SMILES string of the molecule is COc1cc2c(cc1NC(=O)[C@H](C)Nc1ccc3c(c1)OCO3)oc1ccccc12. The Balaban J connectivity index is 1.38. The van der Waals surface area contributed by atoms with Gasteiger partial charge in [0.2, 0.25) is 12.7 Å². The number of hydrogen-bond donors (Lipinski definition) is 2. The quantitative estimate of drug-likeness (QED) is 0.499. The number of furan rings is 1. The molecule has 2 N–H and O–H groups in total. The second-order valence-corrected chi connectivity index (χ2v) is 7.07. The third kappa shape index (κ3) is 3.14. The fourth-order valence-corrected chi connectivity index (χ4v) is 3.56. The summed E-state index contributed by atoms with van der Waals surface area (Å²) >= 11 is 0. The Hall–Kier alpha value is -3.87. The average Bonchev–Trinajstić information content (AvgIpc) is 3.36. The van der Waals surface area contributed by atoms with Crippen LogP contribution in [0, 0.1) is 0 Å². The molecule has 3 aromatic carbocycles. The van der Waals surface area contributed by atoms with Crippen LogP contribution in [0.2, 0.25) is 0 Å². The molecule has 0 bridgehead atoms. The van der Waals surface area contributed by atoms with Gasteiger partial charge in [-0.05, 0) is 31.2 Å². The predicted molar refractivity (Wildman–Crippen MR) is 115 cm³/mol. The van der Waals surface area contributed by atoms with Crippen LogP contribution in [-0.4, -0.2) is 25.9 Å². The van der Waals surface area contributed by atoms with E-state index in [1.54, 1.807) is 20.1 Å². The first-order chi connectivity index (χ1) is 14.6. The molecule has 0 fully saturated rings. The fraction of sp³-hybridized carbons (Fsp3) is 0.174. The van der Waals surface area contributed by atoms with Gasteiger partial charge in [0, 0.05) is 28.6 Å². The monoisotopic (exact) mass is 404 g/mol. The van der Waals surface area contributed by atoms with Crippen molar-refractivity contribution in [3.8, 4) is 17.2 Å². The van der Waals surface area contributed by atoms with E-state index in [1.807, 2.05) is 48.5 Å². The van der Waals surface area contributed by atoms with Gasteiger partial charge in [0.25, 0.3) is 0 Å². The zero-order chi connectivity index (χ0) is 20.7. The Morgan fingerprint density at radius 2 is 1.83 bits per heavy atom. The highest BCUT2D eigenvalue weighted by Crippen LogP contribution is 2.37. The van der Waals surface area contributed by atoms with Crippen LogP contribution in [0.3, 0.4) is 0 Å². The third-order valence-electron chi connectivity index (χ3n) is 5.11. The third-order valence-corrected chi connectivity index (χ3v) is 5.11. The van der Waals surface area contributed by atoms with E-state index in [0.29, 0.717) is 28.5 Å². The van der Waals surface area contributed by atoms with E-state index < -0.39 is 6.04 Å². The van der Waals surface area contributed by atoms with Crippen molar-refractivity contribution in [1.82, 2.24) is 0 Å². The summed E-state index contributed by atoms with van der Waals surface area (Å²) in [6, 6.07) is 16.4. The lowest BCUT2D eigenvalue weighted by Crippen LogP contribution is -2.32. The molecule has 0 saturated carbocycles. The maximum absolute atomic E-state index is 12.8. The van der Waals surface area contributed by atoms with Crippen molar-refractivity contribution in [3.05, 3.63) is 54.6 Å². The molecule has 1 atom stereocenters. The number of nitrogens with one attached hydrogen (secondary N) is 2. The lowest BCUT2D eigenvalue weighted by molar-refractivity contribution is -0.116. The molecule has 0 aliphatic carbocycles. The highest BCUT2D eigenvalue weighted by atomic mass is 16.7. The lowest BCUT2D eigenvalue weighted by atomic mass is 10.1. The number of hydrogen-bond acceptors (Lipinski definition) is 6. The van der Waals surface area contributed by atoms with Gasteiger partial charge in [-0.3, -0.25) is 4.79 Å². The van der Waals surface area contributed by atoms with Crippen molar-refractivity contribution < 1.29 is 23.4 Å². The van der Waals surface area contributed by atoms with Gasteiger partial charge in [-0.2, -0.15) is 0 Å². The summed E-state index contributed by atoms with van der Waals surface area (Å²) in [7, 11) is 1.58. The van der Waals surface area contributed by atoms with Crippen LogP contribution in [0.15, 0.2) is 59.0 Å². The molecule has 1 amide bonds. The molecule has 0 saturated heterocycles. The molecule has 7 heteroatoms. The van der Waals surface area contributed by atoms with Crippen LogP contribution in [0.5, 0.6) is 17.2 Å². The van der Waals surface area contributed by atoms with Gasteiger partial charge in [0.05, 0.1) is 12.8 Å². The molecule has 5 rings (SSSR count). The minimum atomic E-state index is -0.499. The van der Waals surface area contributed by atoms with Crippen LogP contribution in [-0.2, 0) is 4.79 Å². The van der Waals surface area contributed by atoms with Crippen molar-refractivity contribution in [2.45, 2.75) is 13.0 Å². The van der Waals surface area contributed by atoms with Crippen LogP contribution < -0.4 is 24.8 Å². The lowest BCUT2D eigenvalue weighted by Gasteiger charge is -2.17. The summed E-state index contributed by atoms with van der Waals surface area (Å²) in [6.07, 6.45) is 0. The fourth-order valence-electron chi connectivity index (χ4n) is 3.56. The predicted octanol–water partition coefficient (Wildman–Crippen LogP) is 4.76. The summed E-state index contributed by atoms with van der Waals surface area (Å²) in [6.45, 7) is 1.99. The van der Waals surface area contributed by atoms with E-state index in [1.165, 1.54) is 0 Å². The average molecular weight is 404 g/mol. The largest absolute Gasteiger partial charge is 0.495 e. The highest BCUT2D eigenvalue weighted by Gasteiger charge is 2.19. The number of methoxy groups -OCH3 is 1. The summed E-state index contributed by atoms with van der Waals surface area (Å²) in [5.41, 5.74) is 2.79. The van der Waals surface area contributed by atoms with Crippen molar-refractivity contribution >= 4 is 39.2 Å². The molecule has 0 spiro atoms. The van der Waals surface area contributed by atoms with E-state index in [9.17, 15) is 4.79 Å². The van der Waals surface area contributed by atoms with Gasteiger partial charge >= 0.3 is 0 Å². The van der Waals surface area contributed by atoms with Gasteiger partial charge in [0.15, 0.2) is 11.5 Å². The highest BCUT2D eigenvalue weighted by molar-refractivity contribution is 6.08. The molecule has 2 heterocycles. The first-order valence-corrected chi connectivity index (χ1v) is 9.59. The van der Waals surface area contributed by atoms with Crippen molar-refractivity contribution in [2.24, 2.45) is 0 Å². The maximum Gasteiger partial charge on any atom is 0.246 e. The minimum Gasteiger partial charge on any atom is -0.495 e. The van der Waals surface area contributed by atoms with Crippen molar-refractivity contribution in [3.63, 3.8) is 0 Å². The summed E-state index contributed by atoms with van der Waals surface area (Å²) in [4.78, 5) is 12.8. The van der Waals surface area contributed by atoms with Crippen molar-refractivity contribution in [1.29, 1.82) is 0 Å². The number of rotatable bonds is 5. The molecule has 1 aliphatic heterocycles. The van der Waals surface area contributed by atoms with Crippen LogP contribution in [0.1, 0.15) is 6.92 Å². The topological polar surface area (TPSA) is 82.0 Å². The number of carbonyl (C=O) groups excluding carboxylic acids is 1. The number of benzene rings is 3. The zero-order valence-corrected chi connectivity index (χ0v) is 16.5. The summed E-state index contributed by atoms with van der Waals surface area (Å²) < 4.78 is 22.1. The maximum atomic E-state index is 12.8. The molecule has 152 valence electrons. The van der Waals surface area contributed by atoms with Gasteiger partial charge in [-0.15, -0.1) is 0 Å². The number of amides is 1. The standard InChI is InChI=1S/C23H20N2O5/c1-13(24-14-7-8-19-22(9-14)29-12-28-19)23(26)25-17-11-20-16(10-21(17)27-2)15-5-3-4-6-18(15)30-20/h3-11,13,24H,12H2,1-2H3,(H,25,26)/t13-/m0/s1. The first kappa shape index (κ1) is 18.2. The number of fused-ring (bicyclic) bond motifs is 4. The van der Waals surface area contributed by atoms with Crippen molar-refractivity contribution in [2.75, 3.05) is 24.5 Å². The minimum absolute atomic E-state index is 0.207. The van der Waals surface area contributed by atoms with Gasteiger partial charge in [-0.25, -0.2) is 0 Å². The first-order valence-electron chi connectivity index (χ1n) is 9.59. The van der Waals surface area contributed by atoms with Crippen LogP contribution in [0.4, 0.5) is 11.4 Å². The Morgan fingerprint density at radius 1 is 1.00 bits per heavy atom. The number of ether oxygens (including phenoxy) is 3. The molecular formula is C23H20N2O5. The zero-order valence-electron chi connectivity index (χ0n) is 16.5. The van der Waals surface area contributed by atoms with E-state index in [2.05, 4.69) is 10.6 Å². The van der Waals surface area contributed by atoms with Gasteiger partial charge in [-0.1, -0.05) is 18.2 Å². The van der Waals surface area contributed by atoms with Gasteiger partial charge in [0.1, 0.15) is 23.0 Å². The Kier molecular flexibility index (Phi) is 4.35. The Bertz CT molecular complexity index is 1260. The van der Waals surface area contributed by atoms with Gasteiger partial charge < -0.3 is 29.3 Å². The smallest absolute Gasteiger partial charge is 0.246 e. The second kappa shape index (κ2) is 7.18. The number of carbonyl (C=O) groups is 1. The van der Waals surface area contributed by atoms with Crippen LogP contribution in [0.25, 0.3) is 21.9 Å². The Morgan fingerprint density at radius 3 is 2.70 bits per heavy atom. The molecule has 4 aromatic rings. The molecular weight excluding hydrogens is 384 g/mol. The number of para-hydroxylation sites is 1. The molecule has 1 aliphatic rings.